The highest BCUT2D eigenvalue weighted by Crippen LogP contribution is 2.22. The lowest BCUT2D eigenvalue weighted by Crippen LogP contribution is -2.59. The van der Waals surface area contributed by atoms with E-state index in [2.05, 4.69) is 5.32 Å². The Morgan fingerprint density at radius 1 is 1.41 bits per heavy atom. The van der Waals surface area contributed by atoms with Crippen molar-refractivity contribution in [2.24, 2.45) is 0 Å². The molecule has 1 aromatic rings. The standard InChI is InChI=1S/C15H18FNO5/c1-10(22-12-4-2-3-11(16)9-12)13(18)17-15(14(19)20)5-7-21-8-6-15/h2-4,9-10H,5-8H2,1H3,(H,17,18)(H,19,20). The van der Waals surface area contributed by atoms with Gasteiger partial charge in [0.05, 0.1) is 0 Å². The van der Waals surface area contributed by atoms with Gasteiger partial charge in [-0.05, 0) is 19.1 Å². The van der Waals surface area contributed by atoms with Crippen LogP contribution in [0.15, 0.2) is 24.3 Å². The zero-order valence-corrected chi connectivity index (χ0v) is 12.2. The lowest BCUT2D eigenvalue weighted by atomic mass is 9.90. The summed E-state index contributed by atoms with van der Waals surface area (Å²) in [4.78, 5) is 23.7. The van der Waals surface area contributed by atoms with Crippen LogP contribution >= 0.6 is 0 Å². The minimum Gasteiger partial charge on any atom is -0.481 e. The molecule has 1 atom stereocenters. The number of halogens is 1. The second-order valence-corrected chi connectivity index (χ2v) is 5.21. The summed E-state index contributed by atoms with van der Waals surface area (Å²) in [6.45, 7) is 2.02. The first-order chi connectivity index (χ1) is 10.4. The molecular formula is C15H18FNO5. The molecule has 0 spiro atoms. The fourth-order valence-corrected chi connectivity index (χ4v) is 2.25. The predicted octanol–water partition coefficient (Wildman–Crippen LogP) is 1.34. The second kappa shape index (κ2) is 6.74. The number of nitrogens with one attached hydrogen (secondary N) is 1. The van der Waals surface area contributed by atoms with Crippen LogP contribution < -0.4 is 10.1 Å². The summed E-state index contributed by atoms with van der Waals surface area (Å²) in [6.07, 6.45) is -0.553. The lowest BCUT2D eigenvalue weighted by Gasteiger charge is -2.34. The molecule has 1 aliphatic heterocycles. The Balaban J connectivity index is 2.02. The minimum atomic E-state index is -1.34. The van der Waals surface area contributed by atoms with E-state index in [4.69, 9.17) is 9.47 Å². The zero-order chi connectivity index (χ0) is 16.2. The van der Waals surface area contributed by atoms with E-state index in [1.807, 2.05) is 0 Å². The van der Waals surface area contributed by atoms with E-state index in [9.17, 15) is 19.1 Å². The highest BCUT2D eigenvalue weighted by atomic mass is 19.1. The van der Waals surface area contributed by atoms with Gasteiger partial charge in [0.2, 0.25) is 0 Å². The summed E-state index contributed by atoms with van der Waals surface area (Å²) in [6, 6.07) is 5.41. The van der Waals surface area contributed by atoms with E-state index < -0.39 is 29.3 Å². The van der Waals surface area contributed by atoms with Crippen molar-refractivity contribution in [2.45, 2.75) is 31.4 Å². The molecule has 0 saturated carbocycles. The molecule has 2 N–H and O–H groups in total. The van der Waals surface area contributed by atoms with E-state index in [1.54, 1.807) is 0 Å². The molecule has 2 rings (SSSR count). The molecule has 1 aliphatic rings. The Labute approximate surface area is 127 Å². The van der Waals surface area contributed by atoms with Gasteiger partial charge in [-0.2, -0.15) is 0 Å². The number of carboxylic acids is 1. The molecule has 120 valence electrons. The van der Waals surface area contributed by atoms with Crippen molar-refractivity contribution in [3.8, 4) is 5.75 Å². The third kappa shape index (κ3) is 3.73. The molecule has 1 saturated heterocycles. The number of carbonyl (C=O) groups is 2. The summed E-state index contributed by atoms with van der Waals surface area (Å²) < 4.78 is 23.6. The summed E-state index contributed by atoms with van der Waals surface area (Å²) >= 11 is 0. The Morgan fingerprint density at radius 3 is 2.68 bits per heavy atom. The Bertz CT molecular complexity index is 557. The molecule has 6 nitrogen and oxygen atoms in total. The van der Waals surface area contributed by atoms with Crippen LogP contribution in [0.25, 0.3) is 0 Å². The maximum Gasteiger partial charge on any atom is 0.329 e. The molecule has 1 unspecified atom stereocenters. The van der Waals surface area contributed by atoms with Gasteiger partial charge in [0.1, 0.15) is 17.1 Å². The van der Waals surface area contributed by atoms with Crippen molar-refractivity contribution in [3.05, 3.63) is 30.1 Å². The molecule has 7 heteroatoms. The molecule has 1 fully saturated rings. The molecule has 0 radical (unpaired) electrons. The molecular weight excluding hydrogens is 293 g/mol. The summed E-state index contributed by atoms with van der Waals surface area (Å²) in [5.41, 5.74) is -1.34. The first-order valence-corrected chi connectivity index (χ1v) is 6.98. The number of rotatable bonds is 5. The monoisotopic (exact) mass is 311 g/mol. The Morgan fingerprint density at radius 2 is 2.09 bits per heavy atom. The number of hydrogen-bond acceptors (Lipinski definition) is 4. The average molecular weight is 311 g/mol. The van der Waals surface area contributed by atoms with Crippen LogP contribution in [-0.4, -0.2) is 41.8 Å². The highest BCUT2D eigenvalue weighted by Gasteiger charge is 2.42. The van der Waals surface area contributed by atoms with Crippen molar-refractivity contribution >= 4 is 11.9 Å². The predicted molar refractivity (Wildman–Crippen MR) is 75.1 cm³/mol. The largest absolute Gasteiger partial charge is 0.481 e. The van der Waals surface area contributed by atoms with E-state index >= 15 is 0 Å². The maximum atomic E-state index is 13.1. The van der Waals surface area contributed by atoms with Crippen LogP contribution in [0, 0.1) is 5.82 Å². The first-order valence-electron chi connectivity index (χ1n) is 6.98. The van der Waals surface area contributed by atoms with Crippen LogP contribution in [0.3, 0.4) is 0 Å². The third-order valence-electron chi connectivity index (χ3n) is 3.60. The number of benzene rings is 1. The number of aliphatic carboxylic acids is 1. The Kier molecular flexibility index (Phi) is 4.97. The number of carbonyl (C=O) groups excluding carboxylic acids is 1. The van der Waals surface area contributed by atoms with Crippen LogP contribution in [0.5, 0.6) is 5.75 Å². The van der Waals surface area contributed by atoms with Gasteiger partial charge >= 0.3 is 5.97 Å². The van der Waals surface area contributed by atoms with Crippen molar-refractivity contribution < 1.29 is 28.6 Å². The Hall–Kier alpha value is -2.15. The van der Waals surface area contributed by atoms with E-state index in [1.165, 1.54) is 25.1 Å². The molecule has 0 aliphatic carbocycles. The van der Waals surface area contributed by atoms with Crippen LogP contribution in [-0.2, 0) is 14.3 Å². The number of ether oxygens (including phenoxy) is 2. The molecule has 22 heavy (non-hydrogen) atoms. The normalized spacial score (nSPS) is 18.3. The molecule has 1 aromatic carbocycles. The molecule has 0 aromatic heterocycles. The van der Waals surface area contributed by atoms with E-state index in [0.717, 1.165) is 6.07 Å². The van der Waals surface area contributed by atoms with E-state index in [0.29, 0.717) is 0 Å². The van der Waals surface area contributed by atoms with Crippen molar-refractivity contribution in [3.63, 3.8) is 0 Å². The minimum absolute atomic E-state index is 0.195. The van der Waals surface area contributed by atoms with Gasteiger partial charge in [-0.25, -0.2) is 9.18 Å². The van der Waals surface area contributed by atoms with Crippen LogP contribution in [0.1, 0.15) is 19.8 Å². The van der Waals surface area contributed by atoms with Crippen LogP contribution in [0.2, 0.25) is 0 Å². The van der Waals surface area contributed by atoms with Gasteiger partial charge in [0.25, 0.3) is 5.91 Å². The van der Waals surface area contributed by atoms with Crippen molar-refractivity contribution in [2.75, 3.05) is 13.2 Å². The zero-order valence-electron chi connectivity index (χ0n) is 12.2. The average Bonchev–Trinajstić information content (AvgIpc) is 2.48. The quantitative estimate of drug-likeness (QED) is 0.857. The smallest absolute Gasteiger partial charge is 0.329 e. The second-order valence-electron chi connectivity index (χ2n) is 5.21. The molecule has 1 heterocycles. The summed E-state index contributed by atoms with van der Waals surface area (Å²) in [5, 5.41) is 11.9. The van der Waals surface area contributed by atoms with Gasteiger partial charge in [-0.3, -0.25) is 4.79 Å². The summed E-state index contributed by atoms with van der Waals surface area (Å²) in [5.74, 6) is -1.92. The van der Waals surface area contributed by atoms with Gasteiger partial charge in [-0.15, -0.1) is 0 Å². The highest BCUT2D eigenvalue weighted by molar-refractivity contribution is 5.89. The fourth-order valence-electron chi connectivity index (χ4n) is 2.25. The lowest BCUT2D eigenvalue weighted by molar-refractivity contribution is -0.153. The van der Waals surface area contributed by atoms with E-state index in [-0.39, 0.29) is 31.8 Å². The maximum absolute atomic E-state index is 13.1. The van der Waals surface area contributed by atoms with Crippen molar-refractivity contribution in [1.82, 2.24) is 5.32 Å². The topological polar surface area (TPSA) is 84.9 Å². The number of carboxylic acid groups (broad SMARTS) is 1. The SMILES string of the molecule is CC(Oc1cccc(F)c1)C(=O)NC1(C(=O)O)CCOCC1. The summed E-state index contributed by atoms with van der Waals surface area (Å²) in [7, 11) is 0. The number of hydrogen-bond donors (Lipinski definition) is 2. The molecule has 1 amide bonds. The first kappa shape index (κ1) is 16.2. The van der Waals surface area contributed by atoms with Gasteiger partial charge in [-0.1, -0.05) is 6.07 Å². The molecule has 0 bridgehead atoms. The third-order valence-corrected chi connectivity index (χ3v) is 3.60. The van der Waals surface area contributed by atoms with Gasteiger partial charge in [0, 0.05) is 32.1 Å². The van der Waals surface area contributed by atoms with Gasteiger partial charge in [0.15, 0.2) is 6.10 Å². The van der Waals surface area contributed by atoms with Crippen LogP contribution in [0.4, 0.5) is 4.39 Å². The number of amides is 1. The van der Waals surface area contributed by atoms with Crippen molar-refractivity contribution in [1.29, 1.82) is 0 Å². The fraction of sp³-hybridized carbons (Fsp3) is 0.467. The van der Waals surface area contributed by atoms with Gasteiger partial charge < -0.3 is 19.9 Å².